The molecule has 5 nitrogen and oxygen atoms in total. The molecule has 0 spiro atoms. The lowest BCUT2D eigenvalue weighted by Gasteiger charge is -2.38. The first kappa shape index (κ1) is 23.9. The first-order valence-electron chi connectivity index (χ1n) is 9.66. The van der Waals surface area contributed by atoms with Gasteiger partial charge >= 0.3 is 5.97 Å². The fraction of sp³-hybridized carbons (Fsp3) is 0.261. The summed E-state index contributed by atoms with van der Waals surface area (Å²) in [6, 6.07) is 8.00. The Labute approximate surface area is 190 Å². The van der Waals surface area contributed by atoms with Crippen molar-refractivity contribution in [2.24, 2.45) is 0 Å². The van der Waals surface area contributed by atoms with Gasteiger partial charge in [-0.2, -0.15) is 0 Å². The molecule has 0 bridgehead atoms. The zero-order valence-electron chi connectivity index (χ0n) is 17.2. The second-order valence-electron chi connectivity index (χ2n) is 7.25. The Bertz CT molecular complexity index is 1180. The van der Waals surface area contributed by atoms with Crippen molar-refractivity contribution in [3.05, 3.63) is 88.7 Å². The lowest BCUT2D eigenvalue weighted by Crippen LogP contribution is -2.41. The van der Waals surface area contributed by atoms with E-state index in [0.29, 0.717) is 5.02 Å². The fourth-order valence-corrected chi connectivity index (χ4v) is 6.08. The second kappa shape index (κ2) is 9.42. The number of carbonyl (C=O) groups excluding carboxylic acids is 1. The Hall–Kier alpha value is -2.71. The van der Waals surface area contributed by atoms with Gasteiger partial charge in [-0.15, -0.1) is 0 Å². The highest BCUT2D eigenvalue weighted by molar-refractivity contribution is 7.92. The van der Waals surface area contributed by atoms with Crippen LogP contribution < -0.4 is 0 Å². The smallest absolute Gasteiger partial charge is 0.337 e. The summed E-state index contributed by atoms with van der Waals surface area (Å²) in [5.41, 5.74) is -0.418. The van der Waals surface area contributed by atoms with Crippen LogP contribution in [0.5, 0.6) is 0 Å². The maximum absolute atomic E-state index is 15.0. The predicted molar refractivity (Wildman–Crippen MR) is 116 cm³/mol. The van der Waals surface area contributed by atoms with E-state index in [9.17, 15) is 22.0 Å². The zero-order valence-corrected chi connectivity index (χ0v) is 18.8. The highest BCUT2D eigenvalue weighted by atomic mass is 35.5. The average Bonchev–Trinajstić information content (AvgIpc) is 2.78. The van der Waals surface area contributed by atoms with Gasteiger partial charge in [-0.3, -0.25) is 0 Å². The predicted octanol–water partition coefficient (Wildman–Crippen LogP) is 5.10. The summed E-state index contributed by atoms with van der Waals surface area (Å²) in [5.74, 6) is -2.28. The Morgan fingerprint density at radius 1 is 1.22 bits per heavy atom. The number of hydrogen-bond acceptors (Lipinski definition) is 5. The van der Waals surface area contributed by atoms with Crippen molar-refractivity contribution >= 4 is 27.4 Å². The molecular weight excluding hydrogens is 462 g/mol. The molecule has 0 aliphatic heterocycles. The molecule has 3 rings (SSSR count). The summed E-state index contributed by atoms with van der Waals surface area (Å²) in [6.07, 6.45) is 0.851. The van der Waals surface area contributed by atoms with E-state index < -0.39 is 38.6 Å². The third-order valence-corrected chi connectivity index (χ3v) is 8.16. The third-order valence-electron chi connectivity index (χ3n) is 5.42. The number of rotatable bonds is 7. The molecule has 1 atom stereocenters. The van der Waals surface area contributed by atoms with Crippen LogP contribution in [0.4, 0.5) is 8.78 Å². The molecule has 0 N–H and O–H groups in total. The molecule has 2 aromatic carbocycles. The van der Waals surface area contributed by atoms with E-state index in [-0.39, 0.29) is 41.2 Å². The van der Waals surface area contributed by atoms with Crippen molar-refractivity contribution in [1.82, 2.24) is 0 Å². The van der Waals surface area contributed by atoms with Gasteiger partial charge < -0.3 is 9.47 Å². The molecule has 2 aromatic rings. The molecule has 1 unspecified atom stereocenters. The molecule has 0 saturated carbocycles. The van der Waals surface area contributed by atoms with Crippen LogP contribution in [0, 0.1) is 11.6 Å². The number of ether oxygens (including phenoxy) is 2. The van der Waals surface area contributed by atoms with Gasteiger partial charge in [-0.1, -0.05) is 24.3 Å². The highest BCUT2D eigenvalue weighted by Crippen LogP contribution is 2.50. The van der Waals surface area contributed by atoms with Crippen LogP contribution >= 0.6 is 11.6 Å². The van der Waals surface area contributed by atoms with E-state index in [1.54, 1.807) is 0 Å². The van der Waals surface area contributed by atoms with Crippen molar-refractivity contribution in [2.75, 3.05) is 13.7 Å². The van der Waals surface area contributed by atoms with Crippen LogP contribution in [0.15, 0.2) is 71.3 Å². The summed E-state index contributed by atoms with van der Waals surface area (Å²) in [5, 5.41) is 0.314. The number of halogens is 3. The second-order valence-corrected chi connectivity index (χ2v) is 9.94. The van der Waals surface area contributed by atoms with E-state index in [4.69, 9.17) is 21.1 Å². The average molecular weight is 483 g/mol. The summed E-state index contributed by atoms with van der Waals surface area (Å²) in [6.45, 7) is 3.64. The Morgan fingerprint density at radius 3 is 2.53 bits per heavy atom. The van der Waals surface area contributed by atoms with Crippen LogP contribution in [0.3, 0.4) is 0 Å². The summed E-state index contributed by atoms with van der Waals surface area (Å²) >= 11 is 5.90. The molecule has 1 aliphatic carbocycles. The quantitative estimate of drug-likeness (QED) is 0.405. The molecule has 32 heavy (non-hydrogen) atoms. The Morgan fingerprint density at radius 2 is 1.91 bits per heavy atom. The molecular formula is C23H21ClF2O5S. The van der Waals surface area contributed by atoms with Gasteiger partial charge in [0.2, 0.25) is 0 Å². The van der Waals surface area contributed by atoms with E-state index in [0.717, 1.165) is 25.3 Å². The summed E-state index contributed by atoms with van der Waals surface area (Å²) < 4.78 is 65.4. The molecule has 0 fully saturated rings. The van der Waals surface area contributed by atoms with Crippen LogP contribution in [0.25, 0.3) is 0 Å². The molecule has 0 aromatic heterocycles. The van der Waals surface area contributed by atoms with Crippen molar-refractivity contribution in [3.8, 4) is 0 Å². The zero-order chi connectivity index (χ0) is 23.5. The number of sulfone groups is 1. The van der Waals surface area contributed by atoms with Gasteiger partial charge in [-0.25, -0.2) is 22.0 Å². The molecule has 0 heterocycles. The standard InChI is InChI=1S/C23H21ClF2O5S/c1-3-12-31-21-10-11-23(14-18(21)22(27)30-2,19-13-16(25)6-9-20(19)26)32(28,29)17-7-4-15(24)5-8-17/h3-9,13H,1,10-12,14H2,2H3. The van der Waals surface area contributed by atoms with E-state index in [1.165, 1.54) is 30.3 Å². The van der Waals surface area contributed by atoms with Crippen molar-refractivity contribution in [1.29, 1.82) is 0 Å². The van der Waals surface area contributed by atoms with Gasteiger partial charge in [-0.05, 0) is 48.9 Å². The maximum atomic E-state index is 15.0. The number of allylic oxidation sites excluding steroid dienone is 1. The maximum Gasteiger partial charge on any atom is 0.337 e. The minimum absolute atomic E-state index is 0.0129. The minimum Gasteiger partial charge on any atom is -0.493 e. The van der Waals surface area contributed by atoms with Crippen LogP contribution in [-0.4, -0.2) is 28.1 Å². The SMILES string of the molecule is C=CCOC1=C(C(=O)OC)CC(c2cc(F)ccc2F)(S(=O)(=O)c2ccc(Cl)cc2)CC1. The number of benzene rings is 2. The van der Waals surface area contributed by atoms with E-state index in [1.807, 2.05) is 0 Å². The van der Waals surface area contributed by atoms with Crippen molar-refractivity contribution in [2.45, 2.75) is 28.9 Å². The largest absolute Gasteiger partial charge is 0.493 e. The summed E-state index contributed by atoms with van der Waals surface area (Å²) in [4.78, 5) is 12.4. The van der Waals surface area contributed by atoms with Gasteiger partial charge in [0.1, 0.15) is 28.7 Å². The fourth-order valence-electron chi connectivity index (χ4n) is 3.86. The van der Waals surface area contributed by atoms with Crippen LogP contribution in [-0.2, 0) is 28.9 Å². The third kappa shape index (κ3) is 4.29. The molecule has 170 valence electrons. The Kier molecular flexibility index (Phi) is 7.05. The van der Waals surface area contributed by atoms with Crippen LogP contribution in [0.2, 0.25) is 5.02 Å². The number of esters is 1. The monoisotopic (exact) mass is 482 g/mol. The molecule has 9 heteroatoms. The topological polar surface area (TPSA) is 69.7 Å². The molecule has 0 amide bonds. The lowest BCUT2D eigenvalue weighted by atomic mass is 9.81. The van der Waals surface area contributed by atoms with Gasteiger partial charge in [0, 0.05) is 23.4 Å². The molecule has 0 saturated heterocycles. The number of carbonyl (C=O) groups is 1. The molecule has 0 radical (unpaired) electrons. The van der Waals surface area contributed by atoms with Crippen LogP contribution in [0.1, 0.15) is 24.8 Å². The van der Waals surface area contributed by atoms with Gasteiger partial charge in [0.05, 0.1) is 17.6 Å². The highest BCUT2D eigenvalue weighted by Gasteiger charge is 2.52. The van der Waals surface area contributed by atoms with E-state index in [2.05, 4.69) is 6.58 Å². The Balaban J connectivity index is 2.28. The first-order valence-corrected chi connectivity index (χ1v) is 11.5. The normalized spacial score (nSPS) is 18.9. The minimum atomic E-state index is -4.33. The molecule has 1 aliphatic rings. The summed E-state index contributed by atoms with van der Waals surface area (Å²) in [7, 11) is -3.19. The van der Waals surface area contributed by atoms with Gasteiger partial charge in [0.15, 0.2) is 9.84 Å². The van der Waals surface area contributed by atoms with Crippen molar-refractivity contribution in [3.63, 3.8) is 0 Å². The van der Waals surface area contributed by atoms with Gasteiger partial charge in [0.25, 0.3) is 0 Å². The lowest BCUT2D eigenvalue weighted by molar-refractivity contribution is -0.136. The van der Waals surface area contributed by atoms with Crippen molar-refractivity contribution < 1.29 is 31.5 Å². The first-order chi connectivity index (χ1) is 15.2. The van der Waals surface area contributed by atoms with E-state index >= 15 is 0 Å². The number of hydrogen-bond donors (Lipinski definition) is 0. The number of methoxy groups -OCH3 is 1.